The van der Waals surface area contributed by atoms with Gasteiger partial charge in [-0.15, -0.1) is 0 Å². The van der Waals surface area contributed by atoms with E-state index in [1.165, 1.54) is 11.4 Å². The zero-order valence-electron chi connectivity index (χ0n) is 9.89. The lowest BCUT2D eigenvalue weighted by Crippen LogP contribution is -2.31. The van der Waals surface area contributed by atoms with E-state index >= 15 is 0 Å². The van der Waals surface area contributed by atoms with Crippen molar-refractivity contribution in [3.05, 3.63) is 0 Å². The molecule has 1 N–H and O–H groups in total. The molecule has 1 atom stereocenters. The summed E-state index contributed by atoms with van der Waals surface area (Å²) in [7, 11) is -1.71. The van der Waals surface area contributed by atoms with Crippen molar-refractivity contribution in [1.29, 1.82) is 5.26 Å². The smallest absolute Gasteiger partial charge is 0.213 e. The molecule has 0 aromatic carbocycles. The highest BCUT2D eigenvalue weighted by molar-refractivity contribution is 7.89. The van der Waals surface area contributed by atoms with Crippen LogP contribution in [0.3, 0.4) is 0 Å². The molecule has 0 saturated heterocycles. The first-order valence-electron chi connectivity index (χ1n) is 5.39. The lowest BCUT2D eigenvalue weighted by Gasteiger charge is -2.17. The summed E-state index contributed by atoms with van der Waals surface area (Å²) in [5, 5.41) is 17.4. The SMILES string of the molecule is CC(O)CCN(C)S(=O)(=O)CCCCC#N. The minimum Gasteiger partial charge on any atom is -0.393 e. The van der Waals surface area contributed by atoms with E-state index < -0.39 is 16.1 Å². The van der Waals surface area contributed by atoms with Crippen LogP contribution in [0.2, 0.25) is 0 Å². The molecule has 0 aromatic rings. The topological polar surface area (TPSA) is 81.4 Å². The molecule has 0 aliphatic rings. The summed E-state index contributed by atoms with van der Waals surface area (Å²) in [4.78, 5) is 0. The first-order chi connectivity index (χ1) is 7.40. The number of nitrogens with zero attached hydrogens (tertiary/aromatic N) is 2. The standard InChI is InChI=1S/C10H20N2O3S/c1-10(13)6-8-12(2)16(14,15)9-5-3-4-7-11/h10,13H,3-6,8-9H2,1-2H3. The average Bonchev–Trinajstić information content (AvgIpc) is 2.20. The highest BCUT2D eigenvalue weighted by atomic mass is 32.2. The van der Waals surface area contributed by atoms with E-state index in [0.29, 0.717) is 32.2 Å². The first-order valence-corrected chi connectivity index (χ1v) is 7.00. The number of nitriles is 1. The third kappa shape index (κ3) is 6.77. The van der Waals surface area contributed by atoms with Crippen molar-refractivity contribution in [3.8, 4) is 6.07 Å². The summed E-state index contributed by atoms with van der Waals surface area (Å²) in [6, 6.07) is 1.98. The van der Waals surface area contributed by atoms with Crippen molar-refractivity contribution in [1.82, 2.24) is 4.31 Å². The number of unbranched alkanes of at least 4 members (excludes halogenated alkanes) is 2. The number of rotatable bonds is 8. The molecule has 0 heterocycles. The zero-order chi connectivity index (χ0) is 12.6. The molecule has 0 fully saturated rings. The Balaban J connectivity index is 3.97. The Morgan fingerprint density at radius 1 is 1.44 bits per heavy atom. The van der Waals surface area contributed by atoms with Gasteiger partial charge >= 0.3 is 0 Å². The van der Waals surface area contributed by atoms with Crippen LogP contribution in [0.5, 0.6) is 0 Å². The summed E-state index contributed by atoms with van der Waals surface area (Å²) in [6.45, 7) is 1.96. The predicted octanol–water partition coefficient (Wildman–Crippen LogP) is 0.713. The molecule has 16 heavy (non-hydrogen) atoms. The van der Waals surface area contributed by atoms with Crippen LogP contribution in [0.15, 0.2) is 0 Å². The maximum absolute atomic E-state index is 11.7. The van der Waals surface area contributed by atoms with Crippen LogP contribution in [0, 0.1) is 11.3 Å². The Kier molecular flexibility index (Phi) is 7.30. The molecular weight excluding hydrogens is 228 g/mol. The number of hydrogen-bond donors (Lipinski definition) is 1. The Morgan fingerprint density at radius 2 is 2.06 bits per heavy atom. The maximum atomic E-state index is 11.7. The van der Waals surface area contributed by atoms with E-state index in [2.05, 4.69) is 0 Å². The van der Waals surface area contributed by atoms with Crippen LogP contribution in [0.25, 0.3) is 0 Å². The van der Waals surface area contributed by atoms with Crippen molar-refractivity contribution in [2.75, 3.05) is 19.3 Å². The number of aliphatic hydroxyl groups excluding tert-OH is 1. The molecular formula is C10H20N2O3S. The molecule has 0 radical (unpaired) electrons. The number of hydrogen-bond acceptors (Lipinski definition) is 4. The summed E-state index contributed by atoms with van der Waals surface area (Å²) in [6.07, 6.45) is 1.46. The fourth-order valence-corrected chi connectivity index (χ4v) is 2.42. The van der Waals surface area contributed by atoms with Crippen molar-refractivity contribution in [3.63, 3.8) is 0 Å². The Morgan fingerprint density at radius 3 is 2.56 bits per heavy atom. The van der Waals surface area contributed by atoms with Crippen LogP contribution >= 0.6 is 0 Å². The van der Waals surface area contributed by atoms with E-state index in [-0.39, 0.29) is 5.75 Å². The minimum atomic E-state index is -3.22. The average molecular weight is 248 g/mol. The third-order valence-electron chi connectivity index (χ3n) is 2.28. The van der Waals surface area contributed by atoms with E-state index in [4.69, 9.17) is 10.4 Å². The Bertz CT molecular complexity index is 319. The van der Waals surface area contributed by atoms with Gasteiger partial charge in [-0.1, -0.05) is 0 Å². The van der Waals surface area contributed by atoms with Crippen LogP contribution in [-0.4, -0.2) is 43.3 Å². The van der Waals surface area contributed by atoms with Gasteiger partial charge in [-0.2, -0.15) is 5.26 Å². The summed E-state index contributed by atoms with van der Waals surface area (Å²) < 4.78 is 24.6. The van der Waals surface area contributed by atoms with Gasteiger partial charge in [-0.05, 0) is 26.2 Å². The first kappa shape index (κ1) is 15.4. The minimum absolute atomic E-state index is 0.0744. The molecule has 0 amide bonds. The normalized spacial score (nSPS) is 13.7. The monoisotopic (exact) mass is 248 g/mol. The molecule has 94 valence electrons. The number of sulfonamides is 1. The van der Waals surface area contributed by atoms with Crippen LogP contribution < -0.4 is 0 Å². The van der Waals surface area contributed by atoms with Crippen LogP contribution in [0.4, 0.5) is 0 Å². The summed E-state index contributed by atoms with van der Waals surface area (Å²) >= 11 is 0. The van der Waals surface area contributed by atoms with Crippen molar-refractivity contribution in [2.24, 2.45) is 0 Å². The van der Waals surface area contributed by atoms with Crippen LogP contribution in [0.1, 0.15) is 32.6 Å². The quantitative estimate of drug-likeness (QED) is 0.641. The molecule has 0 aliphatic heterocycles. The van der Waals surface area contributed by atoms with Gasteiger partial charge in [0.2, 0.25) is 10.0 Å². The van der Waals surface area contributed by atoms with E-state index in [9.17, 15) is 8.42 Å². The molecule has 0 bridgehead atoms. The highest BCUT2D eigenvalue weighted by Gasteiger charge is 2.17. The van der Waals surface area contributed by atoms with Gasteiger partial charge in [0.1, 0.15) is 0 Å². The van der Waals surface area contributed by atoms with Gasteiger partial charge in [0.05, 0.1) is 17.9 Å². The third-order valence-corrected chi connectivity index (χ3v) is 4.21. The van der Waals surface area contributed by atoms with Crippen molar-refractivity contribution in [2.45, 2.75) is 38.7 Å². The second-order valence-corrected chi connectivity index (χ2v) is 6.09. The molecule has 0 rings (SSSR count). The van der Waals surface area contributed by atoms with E-state index in [1.54, 1.807) is 6.92 Å². The molecule has 5 nitrogen and oxygen atoms in total. The highest BCUT2D eigenvalue weighted by Crippen LogP contribution is 2.05. The fourth-order valence-electron chi connectivity index (χ4n) is 1.15. The molecule has 1 unspecified atom stereocenters. The lowest BCUT2D eigenvalue weighted by molar-refractivity contribution is 0.177. The van der Waals surface area contributed by atoms with Crippen LogP contribution in [-0.2, 0) is 10.0 Å². The molecule has 0 aromatic heterocycles. The Labute approximate surface area is 97.7 Å². The summed E-state index contributed by atoms with van der Waals surface area (Å²) in [5.41, 5.74) is 0. The largest absolute Gasteiger partial charge is 0.393 e. The molecule has 0 saturated carbocycles. The van der Waals surface area contributed by atoms with Gasteiger partial charge in [0.25, 0.3) is 0 Å². The van der Waals surface area contributed by atoms with Gasteiger partial charge in [0.15, 0.2) is 0 Å². The van der Waals surface area contributed by atoms with Crippen molar-refractivity contribution >= 4 is 10.0 Å². The van der Waals surface area contributed by atoms with E-state index in [1.807, 2.05) is 6.07 Å². The Hall–Kier alpha value is -0.640. The second kappa shape index (κ2) is 7.60. The molecule has 0 spiro atoms. The fraction of sp³-hybridized carbons (Fsp3) is 0.900. The molecule has 0 aliphatic carbocycles. The van der Waals surface area contributed by atoms with Crippen molar-refractivity contribution < 1.29 is 13.5 Å². The van der Waals surface area contributed by atoms with Gasteiger partial charge in [0, 0.05) is 20.0 Å². The van der Waals surface area contributed by atoms with E-state index in [0.717, 1.165) is 0 Å². The zero-order valence-corrected chi connectivity index (χ0v) is 10.7. The van der Waals surface area contributed by atoms with Gasteiger partial charge < -0.3 is 5.11 Å². The predicted molar refractivity (Wildman–Crippen MR) is 62.2 cm³/mol. The number of aliphatic hydroxyl groups is 1. The van der Waals surface area contributed by atoms with Gasteiger partial charge in [-0.3, -0.25) is 0 Å². The van der Waals surface area contributed by atoms with Gasteiger partial charge in [-0.25, -0.2) is 12.7 Å². The summed E-state index contributed by atoms with van der Waals surface area (Å²) in [5.74, 6) is 0.0744. The lowest BCUT2D eigenvalue weighted by atomic mass is 10.3. The second-order valence-electron chi connectivity index (χ2n) is 3.89. The molecule has 6 heteroatoms. The maximum Gasteiger partial charge on any atom is 0.213 e.